The number of rotatable bonds is 5. The maximum absolute atomic E-state index is 12.2. The molecule has 1 atom stereocenters. The minimum atomic E-state index is -0.0821. The summed E-state index contributed by atoms with van der Waals surface area (Å²) in [6, 6.07) is 7.14. The van der Waals surface area contributed by atoms with E-state index in [9.17, 15) is 4.79 Å². The first kappa shape index (κ1) is 16.4. The summed E-state index contributed by atoms with van der Waals surface area (Å²) in [6.07, 6.45) is 0.339. The fraction of sp³-hybridized carbons (Fsp3) is 0.375. The van der Waals surface area contributed by atoms with Gasteiger partial charge in [0.15, 0.2) is 0 Å². The van der Waals surface area contributed by atoms with Crippen LogP contribution < -0.4 is 10.1 Å². The van der Waals surface area contributed by atoms with Crippen molar-refractivity contribution in [3.05, 3.63) is 40.7 Å². The molecule has 0 aliphatic carbocycles. The summed E-state index contributed by atoms with van der Waals surface area (Å²) in [7, 11) is 1.55. The monoisotopic (exact) mass is 321 g/mol. The van der Waals surface area contributed by atoms with Crippen molar-refractivity contribution in [3.8, 4) is 5.75 Å². The maximum atomic E-state index is 12.2. The normalized spacial score (nSPS) is 12.0. The SMILES string of the molecule is COc1ccc(NC(=O)C[C@H](C)n2nc(C)cc2C)cc1Cl. The number of nitrogens with zero attached hydrogens (tertiary/aromatic N) is 2. The quantitative estimate of drug-likeness (QED) is 0.912. The Morgan fingerprint density at radius 1 is 1.41 bits per heavy atom. The molecule has 22 heavy (non-hydrogen) atoms. The van der Waals surface area contributed by atoms with Gasteiger partial charge in [-0.25, -0.2) is 0 Å². The summed E-state index contributed by atoms with van der Waals surface area (Å²) in [6.45, 7) is 5.90. The predicted molar refractivity (Wildman–Crippen MR) is 87.7 cm³/mol. The van der Waals surface area contributed by atoms with E-state index in [2.05, 4.69) is 10.4 Å². The molecule has 118 valence electrons. The molecule has 5 nitrogen and oxygen atoms in total. The number of aromatic nitrogens is 2. The van der Waals surface area contributed by atoms with Gasteiger partial charge in [0, 0.05) is 17.8 Å². The van der Waals surface area contributed by atoms with Crippen molar-refractivity contribution in [3.63, 3.8) is 0 Å². The van der Waals surface area contributed by atoms with Gasteiger partial charge in [0.1, 0.15) is 5.75 Å². The van der Waals surface area contributed by atoms with E-state index in [-0.39, 0.29) is 11.9 Å². The Bertz CT molecular complexity index is 682. The van der Waals surface area contributed by atoms with Crippen LogP contribution in [0.1, 0.15) is 30.8 Å². The van der Waals surface area contributed by atoms with Gasteiger partial charge in [-0.05, 0) is 45.0 Å². The van der Waals surface area contributed by atoms with Crippen LogP contribution >= 0.6 is 11.6 Å². The van der Waals surface area contributed by atoms with Gasteiger partial charge in [-0.1, -0.05) is 11.6 Å². The molecule has 0 saturated heterocycles. The molecule has 0 aliphatic heterocycles. The van der Waals surface area contributed by atoms with E-state index < -0.39 is 0 Å². The van der Waals surface area contributed by atoms with Crippen molar-refractivity contribution < 1.29 is 9.53 Å². The molecule has 0 spiro atoms. The van der Waals surface area contributed by atoms with Crippen molar-refractivity contribution in [2.45, 2.75) is 33.2 Å². The molecule has 0 radical (unpaired) electrons. The first-order valence-electron chi connectivity index (χ1n) is 7.07. The average Bonchev–Trinajstić information content (AvgIpc) is 2.78. The third-order valence-electron chi connectivity index (χ3n) is 3.38. The van der Waals surface area contributed by atoms with E-state index in [1.165, 1.54) is 0 Å². The zero-order valence-electron chi connectivity index (χ0n) is 13.2. The van der Waals surface area contributed by atoms with Gasteiger partial charge >= 0.3 is 0 Å². The fourth-order valence-electron chi connectivity index (χ4n) is 2.40. The van der Waals surface area contributed by atoms with Crippen molar-refractivity contribution in [2.24, 2.45) is 0 Å². The summed E-state index contributed by atoms with van der Waals surface area (Å²) >= 11 is 6.05. The fourth-order valence-corrected chi connectivity index (χ4v) is 2.66. The Kier molecular flexibility index (Phi) is 5.08. The second kappa shape index (κ2) is 6.83. The first-order chi connectivity index (χ1) is 10.4. The molecule has 2 rings (SSSR count). The molecule has 6 heteroatoms. The van der Waals surface area contributed by atoms with Crippen LogP contribution in [0.4, 0.5) is 5.69 Å². The number of methoxy groups -OCH3 is 1. The predicted octanol–water partition coefficient (Wildman–Crippen LogP) is 3.75. The van der Waals surface area contributed by atoms with E-state index in [1.807, 2.05) is 31.5 Å². The van der Waals surface area contributed by atoms with E-state index in [1.54, 1.807) is 25.3 Å². The molecular formula is C16H20ClN3O2. The zero-order chi connectivity index (χ0) is 16.3. The van der Waals surface area contributed by atoms with E-state index in [4.69, 9.17) is 16.3 Å². The number of aryl methyl sites for hydroxylation is 2. The summed E-state index contributed by atoms with van der Waals surface area (Å²) in [5.74, 6) is 0.497. The Balaban J connectivity index is 2.01. The second-order valence-electron chi connectivity index (χ2n) is 5.32. The van der Waals surface area contributed by atoms with Crippen molar-refractivity contribution in [2.75, 3.05) is 12.4 Å². The molecule has 1 amide bonds. The molecule has 1 aromatic carbocycles. The number of nitrogens with one attached hydrogen (secondary N) is 1. The summed E-state index contributed by atoms with van der Waals surface area (Å²) < 4.78 is 6.96. The second-order valence-corrected chi connectivity index (χ2v) is 5.73. The smallest absolute Gasteiger partial charge is 0.226 e. The lowest BCUT2D eigenvalue weighted by molar-refractivity contribution is -0.116. The first-order valence-corrected chi connectivity index (χ1v) is 7.44. The average molecular weight is 322 g/mol. The minimum absolute atomic E-state index is 0.0116. The van der Waals surface area contributed by atoms with Crippen molar-refractivity contribution >= 4 is 23.2 Å². The molecule has 0 unspecified atom stereocenters. The lowest BCUT2D eigenvalue weighted by Gasteiger charge is -2.14. The summed E-state index contributed by atoms with van der Waals surface area (Å²) in [5.41, 5.74) is 2.65. The lowest BCUT2D eigenvalue weighted by Crippen LogP contribution is -2.19. The van der Waals surface area contributed by atoms with Crippen LogP contribution in [0, 0.1) is 13.8 Å². The van der Waals surface area contributed by atoms with E-state index in [0.29, 0.717) is 22.9 Å². The molecule has 0 bridgehead atoms. The highest BCUT2D eigenvalue weighted by Gasteiger charge is 2.14. The molecule has 0 fully saturated rings. The van der Waals surface area contributed by atoms with Crippen LogP contribution in [-0.2, 0) is 4.79 Å². The van der Waals surface area contributed by atoms with Crippen LogP contribution in [0.15, 0.2) is 24.3 Å². The molecule has 1 heterocycles. The highest BCUT2D eigenvalue weighted by atomic mass is 35.5. The number of carbonyl (C=O) groups excluding carboxylic acids is 1. The highest BCUT2D eigenvalue weighted by molar-refractivity contribution is 6.32. The summed E-state index contributed by atoms with van der Waals surface area (Å²) in [5, 5.41) is 7.71. The lowest BCUT2D eigenvalue weighted by atomic mass is 10.2. The number of benzene rings is 1. The Morgan fingerprint density at radius 3 is 2.68 bits per heavy atom. The van der Waals surface area contributed by atoms with Crippen molar-refractivity contribution in [1.29, 1.82) is 0 Å². The van der Waals surface area contributed by atoms with Crippen LogP contribution in [0.3, 0.4) is 0 Å². The highest BCUT2D eigenvalue weighted by Crippen LogP contribution is 2.27. The van der Waals surface area contributed by atoms with Gasteiger partial charge < -0.3 is 10.1 Å². The van der Waals surface area contributed by atoms with Crippen LogP contribution in [-0.4, -0.2) is 22.8 Å². The number of carbonyl (C=O) groups is 1. The molecule has 1 N–H and O–H groups in total. The number of amides is 1. The molecular weight excluding hydrogens is 302 g/mol. The Morgan fingerprint density at radius 2 is 2.14 bits per heavy atom. The Hall–Kier alpha value is -2.01. The number of hydrogen-bond acceptors (Lipinski definition) is 3. The number of ether oxygens (including phenoxy) is 1. The van der Waals surface area contributed by atoms with Crippen molar-refractivity contribution in [1.82, 2.24) is 9.78 Å². The van der Waals surface area contributed by atoms with Crippen LogP contribution in [0.5, 0.6) is 5.75 Å². The number of anilines is 1. The van der Waals surface area contributed by atoms with Gasteiger partial charge in [0.05, 0.1) is 23.9 Å². The third kappa shape index (κ3) is 3.80. The Labute approximate surface area is 135 Å². The molecule has 2 aromatic rings. The standard InChI is InChI=1S/C16H20ClN3O2/c1-10-7-11(2)20(19-10)12(3)8-16(21)18-13-5-6-15(22-4)14(17)9-13/h5-7,9,12H,8H2,1-4H3,(H,18,21)/t12-/m0/s1. The van der Waals surface area contributed by atoms with Gasteiger partial charge in [0.25, 0.3) is 0 Å². The zero-order valence-corrected chi connectivity index (χ0v) is 13.9. The van der Waals surface area contributed by atoms with E-state index in [0.717, 1.165) is 11.4 Å². The molecule has 0 aliphatic rings. The largest absolute Gasteiger partial charge is 0.495 e. The van der Waals surface area contributed by atoms with Crippen LogP contribution in [0.25, 0.3) is 0 Å². The minimum Gasteiger partial charge on any atom is -0.495 e. The topological polar surface area (TPSA) is 56.1 Å². The van der Waals surface area contributed by atoms with Gasteiger partial charge in [-0.2, -0.15) is 5.10 Å². The molecule has 1 aromatic heterocycles. The number of hydrogen-bond donors (Lipinski definition) is 1. The third-order valence-corrected chi connectivity index (χ3v) is 3.67. The summed E-state index contributed by atoms with van der Waals surface area (Å²) in [4.78, 5) is 12.2. The van der Waals surface area contributed by atoms with Gasteiger partial charge in [0.2, 0.25) is 5.91 Å². The van der Waals surface area contributed by atoms with Crippen LogP contribution in [0.2, 0.25) is 5.02 Å². The van der Waals surface area contributed by atoms with Gasteiger partial charge in [-0.15, -0.1) is 0 Å². The maximum Gasteiger partial charge on any atom is 0.226 e. The van der Waals surface area contributed by atoms with E-state index >= 15 is 0 Å². The van der Waals surface area contributed by atoms with Gasteiger partial charge in [-0.3, -0.25) is 9.48 Å². The number of halogens is 1. The molecule has 0 saturated carbocycles.